The van der Waals surface area contributed by atoms with Crippen LogP contribution in [0.2, 0.25) is 0 Å². The van der Waals surface area contributed by atoms with E-state index >= 15 is 0 Å². The van der Waals surface area contributed by atoms with Crippen molar-refractivity contribution < 1.29 is 4.79 Å². The number of carbonyl (C=O) groups excluding carboxylic acids is 1. The van der Waals surface area contributed by atoms with Crippen LogP contribution in [0.15, 0.2) is 0 Å². The first-order valence-corrected chi connectivity index (χ1v) is 7.68. The van der Waals surface area contributed by atoms with Crippen LogP contribution in [-0.2, 0) is 4.79 Å². The third-order valence-corrected chi connectivity index (χ3v) is 4.71. The summed E-state index contributed by atoms with van der Waals surface area (Å²) in [7, 11) is 1.84. The minimum atomic E-state index is 0.0980. The highest BCUT2D eigenvalue weighted by atomic mass is 32.2. The minimum Gasteiger partial charge on any atom is -0.393 e. The zero-order valence-electron chi connectivity index (χ0n) is 10.6. The lowest BCUT2D eigenvalue weighted by molar-refractivity contribution is -0.131. The van der Waals surface area contributed by atoms with Gasteiger partial charge >= 0.3 is 0 Å². The Hall–Kier alpha value is -0.290. The third-order valence-electron chi connectivity index (χ3n) is 3.26. The standard InChI is InChI=1S/C12H22N2OS2/c1-9(12(13)16)8-14(2)11(15)7-10-3-5-17-6-4-10/h9-10H,3-8H2,1-2H3,(H2,13,16). The van der Waals surface area contributed by atoms with Gasteiger partial charge in [-0.2, -0.15) is 11.8 Å². The number of nitrogens with zero attached hydrogens (tertiary/aromatic N) is 1. The zero-order valence-corrected chi connectivity index (χ0v) is 12.3. The van der Waals surface area contributed by atoms with Gasteiger partial charge in [-0.3, -0.25) is 4.79 Å². The van der Waals surface area contributed by atoms with Crippen LogP contribution >= 0.6 is 24.0 Å². The van der Waals surface area contributed by atoms with Crippen molar-refractivity contribution in [3.63, 3.8) is 0 Å². The molecule has 1 aliphatic heterocycles. The number of hydrogen-bond donors (Lipinski definition) is 1. The Morgan fingerprint density at radius 2 is 2.12 bits per heavy atom. The Balaban J connectivity index is 2.33. The molecule has 1 unspecified atom stereocenters. The summed E-state index contributed by atoms with van der Waals surface area (Å²) < 4.78 is 0. The highest BCUT2D eigenvalue weighted by Crippen LogP contribution is 2.25. The van der Waals surface area contributed by atoms with Gasteiger partial charge in [0.2, 0.25) is 5.91 Å². The normalized spacial score (nSPS) is 18.7. The van der Waals surface area contributed by atoms with Crippen molar-refractivity contribution in [3.8, 4) is 0 Å². The molecule has 0 aromatic carbocycles. The van der Waals surface area contributed by atoms with Crippen LogP contribution in [0, 0.1) is 11.8 Å². The molecule has 0 aromatic rings. The lowest BCUT2D eigenvalue weighted by Gasteiger charge is -2.25. The summed E-state index contributed by atoms with van der Waals surface area (Å²) in [5.41, 5.74) is 5.56. The molecule has 1 saturated heterocycles. The summed E-state index contributed by atoms with van der Waals surface area (Å²) in [4.78, 5) is 14.3. The lowest BCUT2D eigenvalue weighted by Crippen LogP contribution is -2.36. The molecule has 0 spiro atoms. The SMILES string of the molecule is CC(CN(C)C(=O)CC1CCSCC1)C(N)=S. The van der Waals surface area contributed by atoms with Crippen molar-refractivity contribution in [3.05, 3.63) is 0 Å². The first kappa shape index (κ1) is 14.8. The number of rotatable bonds is 5. The van der Waals surface area contributed by atoms with Crippen molar-refractivity contribution >= 4 is 34.9 Å². The number of amides is 1. The first-order chi connectivity index (χ1) is 8.00. The molecule has 1 aliphatic rings. The second-order valence-corrected chi connectivity index (χ2v) is 6.53. The van der Waals surface area contributed by atoms with Gasteiger partial charge in [-0.1, -0.05) is 19.1 Å². The smallest absolute Gasteiger partial charge is 0.222 e. The summed E-state index contributed by atoms with van der Waals surface area (Å²) >= 11 is 6.91. The van der Waals surface area contributed by atoms with Gasteiger partial charge in [0.25, 0.3) is 0 Å². The highest BCUT2D eigenvalue weighted by Gasteiger charge is 2.20. The highest BCUT2D eigenvalue weighted by molar-refractivity contribution is 7.99. The molecule has 17 heavy (non-hydrogen) atoms. The maximum absolute atomic E-state index is 12.0. The molecule has 98 valence electrons. The first-order valence-electron chi connectivity index (χ1n) is 6.11. The molecule has 0 radical (unpaired) electrons. The van der Waals surface area contributed by atoms with E-state index in [0.717, 1.165) is 0 Å². The predicted molar refractivity (Wildman–Crippen MR) is 78.3 cm³/mol. The fraction of sp³-hybridized carbons (Fsp3) is 0.833. The Labute approximate surface area is 113 Å². The number of hydrogen-bond acceptors (Lipinski definition) is 3. The maximum atomic E-state index is 12.0. The van der Waals surface area contributed by atoms with E-state index < -0.39 is 0 Å². The molecular formula is C12H22N2OS2. The molecule has 1 amide bonds. The van der Waals surface area contributed by atoms with E-state index in [9.17, 15) is 4.79 Å². The summed E-state index contributed by atoms with van der Waals surface area (Å²) in [6.45, 7) is 2.60. The molecule has 1 heterocycles. The summed E-state index contributed by atoms with van der Waals surface area (Å²) in [6.07, 6.45) is 3.03. The van der Waals surface area contributed by atoms with Gasteiger partial charge in [-0.15, -0.1) is 0 Å². The number of nitrogens with two attached hydrogens (primary N) is 1. The summed E-state index contributed by atoms with van der Waals surface area (Å²) in [5, 5.41) is 0. The minimum absolute atomic E-state index is 0.0980. The van der Waals surface area contributed by atoms with Crippen LogP contribution < -0.4 is 5.73 Å². The van der Waals surface area contributed by atoms with Crippen molar-refractivity contribution in [2.24, 2.45) is 17.6 Å². The van der Waals surface area contributed by atoms with Crippen LogP contribution in [-0.4, -0.2) is 40.9 Å². The van der Waals surface area contributed by atoms with Gasteiger partial charge in [0.15, 0.2) is 0 Å². The average molecular weight is 274 g/mol. The van der Waals surface area contributed by atoms with Gasteiger partial charge in [0.1, 0.15) is 0 Å². The fourth-order valence-electron chi connectivity index (χ4n) is 1.96. The zero-order chi connectivity index (χ0) is 12.8. The topological polar surface area (TPSA) is 46.3 Å². The molecule has 1 rings (SSSR count). The quantitative estimate of drug-likeness (QED) is 0.778. The monoisotopic (exact) mass is 274 g/mol. The van der Waals surface area contributed by atoms with E-state index in [-0.39, 0.29) is 11.8 Å². The Kier molecular flexibility index (Phi) is 6.27. The number of carbonyl (C=O) groups is 1. The lowest BCUT2D eigenvalue weighted by atomic mass is 9.98. The second-order valence-electron chi connectivity index (χ2n) is 4.84. The Bertz CT molecular complexity index is 278. The van der Waals surface area contributed by atoms with Gasteiger partial charge < -0.3 is 10.6 Å². The van der Waals surface area contributed by atoms with Crippen LogP contribution in [0.5, 0.6) is 0 Å². The maximum Gasteiger partial charge on any atom is 0.222 e. The molecule has 3 nitrogen and oxygen atoms in total. The van der Waals surface area contributed by atoms with Crippen LogP contribution in [0.25, 0.3) is 0 Å². The van der Waals surface area contributed by atoms with Gasteiger partial charge in [-0.05, 0) is 30.3 Å². The van der Waals surface area contributed by atoms with Crippen LogP contribution in [0.4, 0.5) is 0 Å². The van der Waals surface area contributed by atoms with E-state index in [2.05, 4.69) is 0 Å². The van der Waals surface area contributed by atoms with Gasteiger partial charge in [-0.25, -0.2) is 0 Å². The molecule has 2 N–H and O–H groups in total. The molecule has 0 aliphatic carbocycles. The molecule has 5 heteroatoms. The van der Waals surface area contributed by atoms with Crippen molar-refractivity contribution in [1.29, 1.82) is 0 Å². The van der Waals surface area contributed by atoms with Gasteiger partial charge in [0.05, 0.1) is 4.99 Å². The largest absolute Gasteiger partial charge is 0.393 e. The molecule has 1 atom stereocenters. The third kappa shape index (κ3) is 5.25. The van der Waals surface area contributed by atoms with E-state index in [1.54, 1.807) is 4.90 Å². The van der Waals surface area contributed by atoms with E-state index in [1.165, 1.54) is 24.3 Å². The van der Waals surface area contributed by atoms with Gasteiger partial charge in [0, 0.05) is 25.9 Å². The molecule has 0 saturated carbocycles. The van der Waals surface area contributed by atoms with Crippen molar-refractivity contribution in [2.75, 3.05) is 25.1 Å². The molecule has 0 bridgehead atoms. The Morgan fingerprint density at radius 1 is 1.53 bits per heavy atom. The van der Waals surface area contributed by atoms with Crippen LogP contribution in [0.3, 0.4) is 0 Å². The summed E-state index contributed by atoms with van der Waals surface area (Å²) in [5.74, 6) is 3.30. The van der Waals surface area contributed by atoms with Crippen molar-refractivity contribution in [1.82, 2.24) is 4.90 Å². The number of thioether (sulfide) groups is 1. The van der Waals surface area contributed by atoms with E-state index in [0.29, 0.717) is 23.9 Å². The predicted octanol–water partition coefficient (Wildman–Crippen LogP) is 1.90. The molecule has 1 fully saturated rings. The van der Waals surface area contributed by atoms with Crippen molar-refractivity contribution in [2.45, 2.75) is 26.2 Å². The van der Waals surface area contributed by atoms with E-state index in [4.69, 9.17) is 18.0 Å². The average Bonchev–Trinajstić information content (AvgIpc) is 2.29. The summed E-state index contributed by atoms with van der Waals surface area (Å²) in [6, 6.07) is 0. The number of thiocarbonyl (C=S) groups is 1. The second kappa shape index (κ2) is 7.21. The van der Waals surface area contributed by atoms with Crippen LogP contribution in [0.1, 0.15) is 26.2 Å². The molecular weight excluding hydrogens is 252 g/mol. The van der Waals surface area contributed by atoms with E-state index in [1.807, 2.05) is 25.7 Å². The molecule has 0 aromatic heterocycles. The fourth-order valence-corrected chi connectivity index (χ4v) is 3.23. The Morgan fingerprint density at radius 3 is 2.65 bits per heavy atom.